The van der Waals surface area contributed by atoms with Gasteiger partial charge in [0.15, 0.2) is 0 Å². The van der Waals surface area contributed by atoms with Gasteiger partial charge in [0.2, 0.25) is 0 Å². The van der Waals surface area contributed by atoms with E-state index in [9.17, 15) is 9.36 Å². The van der Waals surface area contributed by atoms with E-state index in [0.717, 1.165) is 31.2 Å². The fourth-order valence-electron chi connectivity index (χ4n) is 1.77. The van der Waals surface area contributed by atoms with E-state index in [1.165, 1.54) is 0 Å². The largest absolute Gasteiger partial charge is 0.401 e. The molecule has 0 N–H and O–H groups in total. The minimum Gasteiger partial charge on any atom is -0.303 e. The van der Waals surface area contributed by atoms with Crippen LogP contribution in [0.15, 0.2) is 24.3 Å². The second-order valence-electron chi connectivity index (χ2n) is 4.99. The van der Waals surface area contributed by atoms with Gasteiger partial charge >= 0.3 is 7.60 Å². The molecule has 118 valence electrons. The monoisotopic (exact) mass is 312 g/mol. The van der Waals surface area contributed by atoms with Crippen LogP contribution in [0.5, 0.6) is 0 Å². The summed E-state index contributed by atoms with van der Waals surface area (Å²) in [6.45, 7) is 6.38. The minimum absolute atomic E-state index is 0.275. The van der Waals surface area contributed by atoms with Crippen LogP contribution < -0.4 is 0 Å². The lowest BCUT2D eigenvalue weighted by atomic mass is 10.1. The van der Waals surface area contributed by atoms with Crippen molar-refractivity contribution < 1.29 is 18.4 Å². The summed E-state index contributed by atoms with van der Waals surface area (Å²) < 4.78 is 23.6. The van der Waals surface area contributed by atoms with Crippen molar-refractivity contribution in [2.45, 2.75) is 46.5 Å². The molecule has 0 fully saturated rings. The van der Waals surface area contributed by atoms with Crippen molar-refractivity contribution in [2.75, 3.05) is 13.2 Å². The Kier molecular flexibility index (Phi) is 7.87. The fourth-order valence-corrected chi connectivity index (χ4v) is 3.37. The van der Waals surface area contributed by atoms with Crippen molar-refractivity contribution in [1.82, 2.24) is 0 Å². The molecule has 0 heterocycles. The lowest BCUT2D eigenvalue weighted by molar-refractivity contribution is 0.0991. The van der Waals surface area contributed by atoms with Crippen LogP contribution in [-0.2, 0) is 13.6 Å². The number of carbonyl (C=O) groups excluding carboxylic acids is 1. The van der Waals surface area contributed by atoms with Gasteiger partial charge in [0.05, 0.1) is 13.2 Å². The first-order valence-corrected chi connectivity index (χ1v) is 9.09. The maximum Gasteiger partial charge on any atom is 0.401 e. The molecule has 1 aromatic carbocycles. The zero-order valence-corrected chi connectivity index (χ0v) is 14.0. The van der Waals surface area contributed by atoms with Gasteiger partial charge in [0.25, 0.3) is 5.52 Å². The molecule has 0 saturated carbocycles. The maximum atomic E-state index is 12.8. The first kappa shape index (κ1) is 18.1. The summed E-state index contributed by atoms with van der Waals surface area (Å²) in [7, 11) is -3.76. The van der Waals surface area contributed by atoms with E-state index in [1.54, 1.807) is 12.1 Å². The molecule has 0 saturated heterocycles. The predicted octanol–water partition coefficient (Wildman–Crippen LogP) is 4.96. The zero-order valence-electron chi connectivity index (χ0n) is 13.1. The molecule has 4 nitrogen and oxygen atoms in total. The molecule has 0 radical (unpaired) electrons. The average molecular weight is 312 g/mol. The van der Waals surface area contributed by atoms with Crippen molar-refractivity contribution in [3.05, 3.63) is 35.4 Å². The number of benzene rings is 1. The van der Waals surface area contributed by atoms with Crippen molar-refractivity contribution in [1.29, 1.82) is 0 Å². The third kappa shape index (κ3) is 5.39. The lowest BCUT2D eigenvalue weighted by Crippen LogP contribution is -2.10. The molecule has 0 aromatic heterocycles. The SMILES string of the molecule is CCCCOP(=O)(OCCCC)C(=O)c1ccccc1C. The van der Waals surface area contributed by atoms with Gasteiger partial charge in [0.1, 0.15) is 0 Å². The molecular weight excluding hydrogens is 287 g/mol. The van der Waals surface area contributed by atoms with Gasteiger partial charge in [-0.15, -0.1) is 0 Å². The minimum atomic E-state index is -3.76. The van der Waals surface area contributed by atoms with E-state index in [0.29, 0.717) is 5.56 Å². The fraction of sp³-hybridized carbons (Fsp3) is 0.562. The number of carbonyl (C=O) groups is 1. The molecule has 0 unspecified atom stereocenters. The summed E-state index contributed by atoms with van der Waals surface area (Å²) in [6.07, 6.45) is 3.32. The molecule has 0 spiro atoms. The van der Waals surface area contributed by atoms with Crippen LogP contribution in [0.4, 0.5) is 0 Å². The Labute approximate surface area is 127 Å². The van der Waals surface area contributed by atoms with Crippen LogP contribution in [0, 0.1) is 6.92 Å². The summed E-state index contributed by atoms with van der Waals surface area (Å²) in [5, 5.41) is 0. The highest BCUT2D eigenvalue weighted by molar-refractivity contribution is 7.72. The quantitative estimate of drug-likeness (QED) is 0.452. The van der Waals surface area contributed by atoms with Crippen LogP contribution in [0.25, 0.3) is 0 Å². The van der Waals surface area contributed by atoms with E-state index in [-0.39, 0.29) is 13.2 Å². The molecule has 0 aliphatic heterocycles. The highest BCUT2D eigenvalue weighted by atomic mass is 31.2. The summed E-state index contributed by atoms with van der Waals surface area (Å²) >= 11 is 0. The van der Waals surface area contributed by atoms with Crippen molar-refractivity contribution in [3.63, 3.8) is 0 Å². The number of hydrogen-bond donors (Lipinski definition) is 0. The van der Waals surface area contributed by atoms with Gasteiger partial charge in [0, 0.05) is 5.56 Å². The van der Waals surface area contributed by atoms with E-state index in [1.807, 2.05) is 32.9 Å². The highest BCUT2D eigenvalue weighted by Gasteiger charge is 2.36. The second kappa shape index (κ2) is 9.14. The van der Waals surface area contributed by atoms with Crippen LogP contribution >= 0.6 is 7.60 Å². The number of unbranched alkanes of at least 4 members (excludes halogenated alkanes) is 2. The number of aryl methyl sites for hydroxylation is 1. The summed E-state index contributed by atoms with van der Waals surface area (Å²) in [6, 6.07) is 7.07. The lowest BCUT2D eigenvalue weighted by Gasteiger charge is -2.18. The van der Waals surface area contributed by atoms with E-state index in [2.05, 4.69) is 0 Å². The molecule has 0 amide bonds. The molecule has 21 heavy (non-hydrogen) atoms. The Morgan fingerprint density at radius 1 is 1.05 bits per heavy atom. The summed E-state index contributed by atoms with van der Waals surface area (Å²) in [5.41, 5.74) is 0.655. The summed E-state index contributed by atoms with van der Waals surface area (Å²) in [5.74, 6) is 0. The number of hydrogen-bond acceptors (Lipinski definition) is 4. The van der Waals surface area contributed by atoms with Gasteiger partial charge < -0.3 is 9.05 Å². The van der Waals surface area contributed by atoms with Gasteiger partial charge in [-0.2, -0.15) is 0 Å². The molecule has 0 aliphatic rings. The van der Waals surface area contributed by atoms with Gasteiger partial charge in [-0.1, -0.05) is 51.0 Å². The smallest absolute Gasteiger partial charge is 0.303 e. The third-order valence-corrected chi connectivity index (χ3v) is 4.93. The second-order valence-corrected chi connectivity index (χ2v) is 6.91. The molecule has 1 aromatic rings. The third-order valence-electron chi connectivity index (χ3n) is 3.14. The molecular formula is C16H25O4P. The van der Waals surface area contributed by atoms with E-state index in [4.69, 9.17) is 9.05 Å². The first-order valence-electron chi connectivity index (χ1n) is 7.54. The predicted molar refractivity (Wildman–Crippen MR) is 84.8 cm³/mol. The molecule has 0 aliphatic carbocycles. The number of rotatable bonds is 10. The van der Waals surface area contributed by atoms with Crippen LogP contribution in [0.2, 0.25) is 0 Å². The van der Waals surface area contributed by atoms with Crippen molar-refractivity contribution in [3.8, 4) is 0 Å². The van der Waals surface area contributed by atoms with Crippen molar-refractivity contribution >= 4 is 13.1 Å². The summed E-state index contributed by atoms with van der Waals surface area (Å²) in [4.78, 5) is 12.6. The van der Waals surface area contributed by atoms with E-state index >= 15 is 0 Å². The first-order chi connectivity index (χ1) is 10.0. The Morgan fingerprint density at radius 2 is 1.57 bits per heavy atom. The van der Waals surface area contributed by atoms with Gasteiger partial charge in [-0.25, -0.2) is 0 Å². The Morgan fingerprint density at radius 3 is 2.05 bits per heavy atom. The Hall–Kier alpha value is -0.960. The highest BCUT2D eigenvalue weighted by Crippen LogP contribution is 2.51. The van der Waals surface area contributed by atoms with E-state index < -0.39 is 13.1 Å². The zero-order chi connectivity index (χ0) is 15.7. The topological polar surface area (TPSA) is 52.6 Å². The Balaban J connectivity index is 2.91. The molecule has 1 rings (SSSR count). The van der Waals surface area contributed by atoms with Gasteiger partial charge in [-0.3, -0.25) is 9.36 Å². The van der Waals surface area contributed by atoms with Crippen LogP contribution in [0.1, 0.15) is 55.5 Å². The Bertz CT molecular complexity index is 485. The molecule has 5 heteroatoms. The van der Waals surface area contributed by atoms with Gasteiger partial charge in [-0.05, 0) is 25.3 Å². The van der Waals surface area contributed by atoms with Crippen LogP contribution in [0.3, 0.4) is 0 Å². The standard InChI is InChI=1S/C16H25O4P/c1-4-6-12-19-21(18,20-13-7-5-2)16(17)15-11-9-8-10-14(15)3/h8-11H,4-7,12-13H2,1-3H3. The maximum absolute atomic E-state index is 12.8. The average Bonchev–Trinajstić information content (AvgIpc) is 2.47. The molecule has 0 atom stereocenters. The normalized spacial score (nSPS) is 11.6. The van der Waals surface area contributed by atoms with Crippen molar-refractivity contribution in [2.24, 2.45) is 0 Å². The van der Waals surface area contributed by atoms with Crippen LogP contribution in [-0.4, -0.2) is 18.7 Å². The molecule has 0 bridgehead atoms.